The van der Waals surface area contributed by atoms with E-state index in [4.69, 9.17) is 4.98 Å². The number of amides is 1. The second-order valence-electron chi connectivity index (χ2n) is 5.33. The van der Waals surface area contributed by atoms with E-state index in [2.05, 4.69) is 40.1 Å². The molecule has 0 saturated carbocycles. The fraction of sp³-hybridized carbons (Fsp3) is 0.118. The molecule has 2 N–H and O–H groups in total. The molecule has 25 heavy (non-hydrogen) atoms. The minimum absolute atomic E-state index is 0.0821. The van der Waals surface area contributed by atoms with Gasteiger partial charge in [-0.25, -0.2) is 9.97 Å². The molecular weight excluding hydrogens is 372 g/mol. The summed E-state index contributed by atoms with van der Waals surface area (Å²) in [6.45, 7) is 1.50. The van der Waals surface area contributed by atoms with Gasteiger partial charge < -0.3 is 10.6 Å². The molecule has 0 radical (unpaired) electrons. The summed E-state index contributed by atoms with van der Waals surface area (Å²) < 4.78 is 2.17. The van der Waals surface area contributed by atoms with E-state index in [-0.39, 0.29) is 5.91 Å². The highest BCUT2D eigenvalue weighted by atomic mass is 32.2. The molecule has 0 aliphatic heterocycles. The molecule has 0 atom stereocenters. The summed E-state index contributed by atoms with van der Waals surface area (Å²) >= 11 is 4.86. The lowest BCUT2D eigenvalue weighted by Gasteiger charge is -1.99. The van der Waals surface area contributed by atoms with E-state index in [0.29, 0.717) is 0 Å². The van der Waals surface area contributed by atoms with Crippen LogP contribution in [0.15, 0.2) is 41.3 Å². The van der Waals surface area contributed by atoms with Gasteiger partial charge in [0.05, 0.1) is 20.4 Å². The zero-order chi connectivity index (χ0) is 17.4. The van der Waals surface area contributed by atoms with Crippen molar-refractivity contribution in [3.8, 4) is 0 Å². The van der Waals surface area contributed by atoms with Crippen LogP contribution in [-0.4, -0.2) is 22.1 Å². The second kappa shape index (κ2) is 6.62. The second-order valence-corrected chi connectivity index (χ2v) is 8.24. The predicted octanol–water partition coefficient (Wildman–Crippen LogP) is 5.33. The van der Waals surface area contributed by atoms with Gasteiger partial charge in [0.1, 0.15) is 0 Å². The van der Waals surface area contributed by atoms with Crippen LogP contribution in [0.2, 0.25) is 0 Å². The Bertz CT molecular complexity index is 1090. The molecule has 0 bridgehead atoms. The predicted molar refractivity (Wildman–Crippen MR) is 109 cm³/mol. The number of hydrogen-bond acceptors (Lipinski definition) is 7. The number of thioether (sulfide) groups is 1. The Kier molecular flexibility index (Phi) is 4.32. The summed E-state index contributed by atoms with van der Waals surface area (Å²) in [4.78, 5) is 21.7. The van der Waals surface area contributed by atoms with Crippen molar-refractivity contribution in [1.82, 2.24) is 9.97 Å². The molecular formula is C17H14N4OS3. The maximum atomic E-state index is 11.2. The van der Waals surface area contributed by atoms with Gasteiger partial charge in [-0.1, -0.05) is 28.7 Å². The van der Waals surface area contributed by atoms with E-state index in [1.807, 2.05) is 18.2 Å². The van der Waals surface area contributed by atoms with Gasteiger partial charge in [-0.3, -0.25) is 4.79 Å². The minimum Gasteiger partial charge on any atom is -0.326 e. The molecule has 2 aromatic heterocycles. The van der Waals surface area contributed by atoms with Crippen molar-refractivity contribution < 1.29 is 4.79 Å². The van der Waals surface area contributed by atoms with Crippen LogP contribution in [0.4, 0.5) is 16.0 Å². The minimum atomic E-state index is -0.0821. The summed E-state index contributed by atoms with van der Waals surface area (Å²) in [5.74, 6) is -0.0821. The lowest BCUT2D eigenvalue weighted by atomic mass is 10.3. The first kappa shape index (κ1) is 16.3. The van der Waals surface area contributed by atoms with Crippen LogP contribution in [-0.2, 0) is 4.79 Å². The first-order valence-electron chi connectivity index (χ1n) is 7.51. The van der Waals surface area contributed by atoms with Crippen LogP contribution in [0.25, 0.3) is 20.4 Å². The number of para-hydroxylation sites is 1. The molecule has 1 amide bonds. The van der Waals surface area contributed by atoms with Crippen molar-refractivity contribution in [2.75, 3.05) is 16.9 Å². The van der Waals surface area contributed by atoms with Crippen LogP contribution in [0, 0.1) is 0 Å². The van der Waals surface area contributed by atoms with E-state index in [0.717, 1.165) is 36.4 Å². The summed E-state index contributed by atoms with van der Waals surface area (Å²) in [6.07, 6.45) is 2.06. The number of nitrogens with zero attached hydrogens (tertiary/aromatic N) is 2. The third-order valence-corrected chi connectivity index (χ3v) is 6.16. The zero-order valence-corrected chi connectivity index (χ0v) is 15.9. The molecule has 126 valence electrons. The first-order valence-corrected chi connectivity index (χ1v) is 10.4. The van der Waals surface area contributed by atoms with Gasteiger partial charge in [-0.05, 0) is 36.6 Å². The summed E-state index contributed by atoms with van der Waals surface area (Å²) in [5, 5.41) is 7.73. The summed E-state index contributed by atoms with van der Waals surface area (Å²) in [5.41, 5.74) is 2.70. The smallest absolute Gasteiger partial charge is 0.221 e. The van der Waals surface area contributed by atoms with Crippen LogP contribution >= 0.6 is 34.4 Å². The molecule has 0 saturated heterocycles. The Morgan fingerprint density at radius 3 is 2.68 bits per heavy atom. The van der Waals surface area contributed by atoms with Gasteiger partial charge in [0, 0.05) is 17.5 Å². The molecule has 2 aromatic carbocycles. The third kappa shape index (κ3) is 3.33. The topological polar surface area (TPSA) is 66.9 Å². The lowest BCUT2D eigenvalue weighted by molar-refractivity contribution is -0.114. The molecule has 0 fully saturated rings. The Balaban J connectivity index is 1.65. The number of thiazole rings is 2. The number of nitrogens with one attached hydrogen (secondary N) is 2. The van der Waals surface area contributed by atoms with E-state index < -0.39 is 0 Å². The highest BCUT2D eigenvalue weighted by molar-refractivity contribution is 7.98. The maximum absolute atomic E-state index is 11.2. The van der Waals surface area contributed by atoms with Crippen LogP contribution in [0.5, 0.6) is 0 Å². The number of fused-ring (bicyclic) bond motifs is 2. The third-order valence-electron chi connectivity index (χ3n) is 3.52. The maximum Gasteiger partial charge on any atom is 0.221 e. The molecule has 4 rings (SSSR count). The number of benzene rings is 2. The van der Waals surface area contributed by atoms with Gasteiger partial charge >= 0.3 is 0 Å². The molecule has 0 unspecified atom stereocenters. The molecule has 2 heterocycles. The Morgan fingerprint density at radius 1 is 1.08 bits per heavy atom. The molecule has 0 spiro atoms. The van der Waals surface area contributed by atoms with Gasteiger partial charge in [0.15, 0.2) is 10.3 Å². The number of anilines is 3. The SMILES string of the molecule is CSc1cccc2sc(Nc3nc4ccc(NC(C)=O)cc4s3)nc12. The van der Waals surface area contributed by atoms with Crippen molar-refractivity contribution in [2.45, 2.75) is 11.8 Å². The monoisotopic (exact) mass is 386 g/mol. The number of carbonyl (C=O) groups is 1. The molecule has 8 heteroatoms. The average Bonchev–Trinajstić information content (AvgIpc) is 3.16. The van der Waals surface area contributed by atoms with Crippen molar-refractivity contribution in [3.63, 3.8) is 0 Å². The number of rotatable bonds is 4. The van der Waals surface area contributed by atoms with Crippen molar-refractivity contribution >= 4 is 76.7 Å². The molecule has 4 aromatic rings. The fourth-order valence-corrected chi connectivity index (χ4v) is 4.98. The van der Waals surface area contributed by atoms with Crippen molar-refractivity contribution in [1.29, 1.82) is 0 Å². The summed E-state index contributed by atoms with van der Waals surface area (Å²) in [7, 11) is 0. The number of carbonyl (C=O) groups excluding carboxylic acids is 1. The van der Waals surface area contributed by atoms with E-state index in [9.17, 15) is 4.79 Å². The van der Waals surface area contributed by atoms with E-state index in [1.54, 1.807) is 34.4 Å². The largest absolute Gasteiger partial charge is 0.326 e. The highest BCUT2D eigenvalue weighted by Crippen LogP contribution is 2.35. The normalized spacial score (nSPS) is 11.1. The standard InChI is InChI=1S/C17H14N4OS3/c1-9(22)18-10-6-7-11-14(8-10)25-16(19-11)21-17-20-15-12(23-2)4-3-5-13(15)24-17/h3-8H,1-2H3,(H,18,22)(H,19,20,21). The molecule has 0 aliphatic carbocycles. The quantitative estimate of drug-likeness (QED) is 0.464. The highest BCUT2D eigenvalue weighted by Gasteiger charge is 2.10. The average molecular weight is 387 g/mol. The zero-order valence-electron chi connectivity index (χ0n) is 13.5. The molecule has 5 nitrogen and oxygen atoms in total. The van der Waals surface area contributed by atoms with E-state index in [1.165, 1.54) is 11.8 Å². The Hall–Kier alpha value is -2.16. The van der Waals surface area contributed by atoms with Crippen LogP contribution in [0.3, 0.4) is 0 Å². The first-order chi connectivity index (χ1) is 12.1. The summed E-state index contributed by atoms with van der Waals surface area (Å²) in [6, 6.07) is 11.9. The Labute approximate surface area is 156 Å². The van der Waals surface area contributed by atoms with Gasteiger partial charge in [-0.15, -0.1) is 11.8 Å². The van der Waals surface area contributed by atoms with Gasteiger partial charge in [-0.2, -0.15) is 0 Å². The van der Waals surface area contributed by atoms with E-state index >= 15 is 0 Å². The fourth-order valence-electron chi connectivity index (χ4n) is 2.49. The van der Waals surface area contributed by atoms with Crippen molar-refractivity contribution in [2.24, 2.45) is 0 Å². The van der Waals surface area contributed by atoms with Crippen LogP contribution < -0.4 is 10.6 Å². The molecule has 0 aliphatic rings. The van der Waals surface area contributed by atoms with Crippen LogP contribution in [0.1, 0.15) is 6.92 Å². The van der Waals surface area contributed by atoms with Gasteiger partial charge in [0.2, 0.25) is 5.91 Å². The number of aromatic nitrogens is 2. The van der Waals surface area contributed by atoms with Gasteiger partial charge in [0.25, 0.3) is 0 Å². The van der Waals surface area contributed by atoms with Crippen molar-refractivity contribution in [3.05, 3.63) is 36.4 Å². The lowest BCUT2D eigenvalue weighted by Crippen LogP contribution is -2.05. The Morgan fingerprint density at radius 2 is 1.88 bits per heavy atom. The number of hydrogen-bond donors (Lipinski definition) is 2.